The molecule has 2 heterocycles. The van der Waals surface area contributed by atoms with E-state index in [4.69, 9.17) is 9.02 Å². The van der Waals surface area contributed by atoms with Crippen LogP contribution in [0.1, 0.15) is 17.2 Å². The van der Waals surface area contributed by atoms with Gasteiger partial charge in [0.1, 0.15) is 16.6 Å². The Morgan fingerprint density at radius 3 is 2.03 bits per heavy atom. The second kappa shape index (κ2) is 9.68. The lowest BCUT2D eigenvalue weighted by atomic mass is 9.90. The summed E-state index contributed by atoms with van der Waals surface area (Å²) < 4.78 is 30.7. The third-order valence-corrected chi connectivity index (χ3v) is 8.20. The van der Waals surface area contributed by atoms with E-state index in [9.17, 15) is 18.0 Å². The zero-order valence-corrected chi connectivity index (χ0v) is 21.7. The highest BCUT2D eigenvalue weighted by molar-refractivity contribution is 7.87. The molecule has 196 valence electrons. The van der Waals surface area contributed by atoms with E-state index in [1.165, 1.54) is 29.2 Å². The van der Waals surface area contributed by atoms with Crippen LogP contribution >= 0.6 is 0 Å². The van der Waals surface area contributed by atoms with Gasteiger partial charge in [-0.15, -0.1) is 0 Å². The minimum Gasteiger partial charge on any atom is -0.379 e. The molecule has 0 bridgehead atoms. The topological polar surface area (TPSA) is 93.2 Å². The molecule has 39 heavy (non-hydrogen) atoms. The number of benzene rings is 4. The van der Waals surface area contributed by atoms with Crippen LogP contribution in [0, 0.1) is 12.8 Å². The normalized spacial score (nSPS) is 20.8. The summed E-state index contributed by atoms with van der Waals surface area (Å²) in [5.74, 6) is -1.46. The van der Waals surface area contributed by atoms with E-state index < -0.39 is 34.1 Å². The van der Waals surface area contributed by atoms with Crippen molar-refractivity contribution in [3.8, 4) is 5.75 Å². The first-order chi connectivity index (χ1) is 18.8. The number of para-hydroxylation sites is 2. The minimum absolute atomic E-state index is 0.0442. The highest BCUT2D eigenvalue weighted by Gasteiger charge is 2.60. The molecule has 2 saturated heterocycles. The summed E-state index contributed by atoms with van der Waals surface area (Å²) in [6.45, 7) is 1.85. The number of hydroxylamine groups is 1. The first-order valence-electron chi connectivity index (χ1n) is 12.4. The largest absolute Gasteiger partial charge is 0.379 e. The molecule has 6 rings (SSSR count). The molecule has 4 aromatic rings. The first kappa shape index (κ1) is 24.8. The zero-order chi connectivity index (χ0) is 27.1. The number of fused-ring (bicyclic) bond motifs is 1. The van der Waals surface area contributed by atoms with Gasteiger partial charge in [-0.25, -0.2) is 9.96 Å². The van der Waals surface area contributed by atoms with Gasteiger partial charge in [-0.05, 0) is 60.5 Å². The van der Waals surface area contributed by atoms with Crippen LogP contribution in [0.25, 0.3) is 0 Å². The first-order valence-corrected chi connectivity index (χ1v) is 13.8. The molecular formula is C30H24N2O6S. The average Bonchev–Trinajstić information content (AvgIpc) is 3.46. The van der Waals surface area contributed by atoms with Gasteiger partial charge >= 0.3 is 10.1 Å². The van der Waals surface area contributed by atoms with Gasteiger partial charge in [-0.2, -0.15) is 8.42 Å². The quantitative estimate of drug-likeness (QED) is 0.256. The van der Waals surface area contributed by atoms with Crippen molar-refractivity contribution in [2.24, 2.45) is 5.92 Å². The smallest absolute Gasteiger partial charge is 0.339 e. The lowest BCUT2D eigenvalue weighted by Crippen LogP contribution is -2.37. The van der Waals surface area contributed by atoms with Gasteiger partial charge in [-0.3, -0.25) is 14.4 Å². The van der Waals surface area contributed by atoms with E-state index in [0.717, 1.165) is 5.56 Å². The van der Waals surface area contributed by atoms with E-state index in [-0.39, 0.29) is 16.6 Å². The second-order valence-electron chi connectivity index (χ2n) is 9.38. The number of imide groups is 1. The molecule has 2 amide bonds. The van der Waals surface area contributed by atoms with Crippen LogP contribution < -0.4 is 14.1 Å². The van der Waals surface area contributed by atoms with Crippen LogP contribution in [-0.4, -0.2) is 26.3 Å². The molecule has 3 atom stereocenters. The van der Waals surface area contributed by atoms with Crippen molar-refractivity contribution in [3.05, 3.63) is 120 Å². The standard InChI is InChI=1S/C30H24N2O6S/c1-20-10-8-9-15-25(20)31-29(33)26-27(32(37-28(26)30(31)34)22-11-4-2-5-12-22)21-16-18-23(19-17-21)38-39(35,36)24-13-6-3-7-14-24/h2-19,26-28H,1H3. The van der Waals surface area contributed by atoms with Crippen LogP contribution in [0.2, 0.25) is 0 Å². The van der Waals surface area contributed by atoms with E-state index in [1.54, 1.807) is 47.5 Å². The van der Waals surface area contributed by atoms with Crippen molar-refractivity contribution in [1.82, 2.24) is 0 Å². The number of anilines is 2. The predicted molar refractivity (Wildman–Crippen MR) is 144 cm³/mol. The van der Waals surface area contributed by atoms with E-state index in [0.29, 0.717) is 16.9 Å². The molecule has 0 saturated carbocycles. The van der Waals surface area contributed by atoms with Crippen molar-refractivity contribution in [1.29, 1.82) is 0 Å². The lowest BCUT2D eigenvalue weighted by Gasteiger charge is -2.29. The minimum atomic E-state index is -4.01. The molecule has 2 aliphatic rings. The van der Waals surface area contributed by atoms with Gasteiger partial charge in [0, 0.05) is 0 Å². The summed E-state index contributed by atoms with van der Waals surface area (Å²) in [6.07, 6.45) is -1.00. The molecule has 2 fully saturated rings. The number of hydrogen-bond donors (Lipinski definition) is 0. The molecule has 0 N–H and O–H groups in total. The van der Waals surface area contributed by atoms with Crippen molar-refractivity contribution in [3.63, 3.8) is 0 Å². The van der Waals surface area contributed by atoms with Crippen LogP contribution in [0.3, 0.4) is 0 Å². The molecule has 9 heteroatoms. The van der Waals surface area contributed by atoms with Gasteiger partial charge in [0.25, 0.3) is 5.91 Å². The Balaban J connectivity index is 1.35. The summed E-state index contributed by atoms with van der Waals surface area (Å²) in [5, 5.41) is 1.59. The second-order valence-corrected chi connectivity index (χ2v) is 10.9. The molecule has 4 aromatic carbocycles. The van der Waals surface area contributed by atoms with Gasteiger partial charge in [0.05, 0.1) is 17.4 Å². The summed E-state index contributed by atoms with van der Waals surface area (Å²) in [7, 11) is -4.01. The third-order valence-electron chi connectivity index (χ3n) is 6.94. The Hall–Kier alpha value is -4.47. The van der Waals surface area contributed by atoms with Crippen LogP contribution in [0.5, 0.6) is 5.75 Å². The number of carbonyl (C=O) groups is 2. The Morgan fingerprint density at radius 1 is 0.744 bits per heavy atom. The van der Waals surface area contributed by atoms with Crippen molar-refractivity contribution in [2.45, 2.75) is 24.0 Å². The monoisotopic (exact) mass is 540 g/mol. The van der Waals surface area contributed by atoms with Gasteiger partial charge in [-0.1, -0.05) is 66.7 Å². The fraction of sp³-hybridized carbons (Fsp3) is 0.133. The molecule has 0 radical (unpaired) electrons. The van der Waals surface area contributed by atoms with E-state index >= 15 is 0 Å². The Labute approximate surface area is 226 Å². The SMILES string of the molecule is Cc1ccccc1N1C(=O)C2ON(c3ccccc3)C(c3ccc(OS(=O)(=O)c4ccccc4)cc3)C2C1=O. The molecular weight excluding hydrogens is 516 g/mol. The zero-order valence-electron chi connectivity index (χ0n) is 20.9. The number of hydrogen-bond acceptors (Lipinski definition) is 7. The summed E-state index contributed by atoms with van der Waals surface area (Å²) in [4.78, 5) is 34.8. The number of carbonyl (C=O) groups excluding carboxylic acids is 2. The Kier molecular flexibility index (Phi) is 6.17. The maximum Gasteiger partial charge on any atom is 0.339 e. The lowest BCUT2D eigenvalue weighted by molar-refractivity contribution is -0.126. The van der Waals surface area contributed by atoms with Crippen LogP contribution in [0.4, 0.5) is 11.4 Å². The maximum atomic E-state index is 13.8. The van der Waals surface area contributed by atoms with E-state index in [2.05, 4.69) is 0 Å². The highest BCUT2D eigenvalue weighted by atomic mass is 32.2. The van der Waals surface area contributed by atoms with Crippen LogP contribution in [-0.2, 0) is 24.5 Å². The average molecular weight is 541 g/mol. The van der Waals surface area contributed by atoms with Gasteiger partial charge in [0.2, 0.25) is 5.91 Å². The molecule has 0 aromatic heterocycles. The number of aryl methyl sites for hydroxylation is 1. The fourth-order valence-electron chi connectivity index (χ4n) is 5.09. The molecule has 2 aliphatic heterocycles. The van der Waals surface area contributed by atoms with Gasteiger partial charge < -0.3 is 4.18 Å². The van der Waals surface area contributed by atoms with E-state index in [1.807, 2.05) is 49.4 Å². The Bertz CT molecular complexity index is 1640. The molecule has 0 spiro atoms. The number of rotatable bonds is 6. The third kappa shape index (κ3) is 4.35. The maximum absolute atomic E-state index is 13.8. The molecule has 0 aliphatic carbocycles. The van der Waals surface area contributed by atoms with Gasteiger partial charge in [0.15, 0.2) is 6.10 Å². The molecule has 3 unspecified atom stereocenters. The molecule has 8 nitrogen and oxygen atoms in total. The highest BCUT2D eigenvalue weighted by Crippen LogP contribution is 2.48. The number of amides is 2. The summed E-state index contributed by atoms with van der Waals surface area (Å²) in [6, 6.07) is 30.2. The fourth-order valence-corrected chi connectivity index (χ4v) is 6.04. The summed E-state index contributed by atoms with van der Waals surface area (Å²) >= 11 is 0. The predicted octanol–water partition coefficient (Wildman–Crippen LogP) is 4.81. The summed E-state index contributed by atoms with van der Waals surface area (Å²) in [5.41, 5.74) is 2.69. The van der Waals surface area contributed by atoms with Crippen molar-refractivity contribution < 1.29 is 27.0 Å². The van der Waals surface area contributed by atoms with Crippen molar-refractivity contribution in [2.75, 3.05) is 9.96 Å². The Morgan fingerprint density at radius 2 is 1.36 bits per heavy atom. The number of nitrogens with zero attached hydrogens (tertiary/aromatic N) is 2. The van der Waals surface area contributed by atoms with Crippen molar-refractivity contribution >= 4 is 33.3 Å². The van der Waals surface area contributed by atoms with Crippen LogP contribution in [0.15, 0.2) is 114 Å².